The number of nitrogens with one attached hydrogen (secondary N) is 2. The third-order valence-corrected chi connectivity index (χ3v) is 5.11. The fraction of sp³-hybridized carbons (Fsp3) is 0.227. The van der Waals surface area contributed by atoms with Gasteiger partial charge < -0.3 is 15.4 Å². The van der Waals surface area contributed by atoms with Crippen molar-refractivity contribution in [2.45, 2.75) is 0 Å². The zero-order valence-electron chi connectivity index (χ0n) is 16.6. The first-order valence-corrected chi connectivity index (χ1v) is 10.2. The molecule has 0 atom stereocenters. The number of carbonyl (C=O) groups excluding carboxylic acids is 1. The molecule has 7 nitrogen and oxygen atoms in total. The Morgan fingerprint density at radius 2 is 1.97 bits per heavy atom. The van der Waals surface area contributed by atoms with Crippen molar-refractivity contribution in [3.8, 4) is 0 Å². The van der Waals surface area contributed by atoms with Crippen LogP contribution in [-0.4, -0.2) is 53.6 Å². The molecule has 1 amide bonds. The lowest BCUT2D eigenvalue weighted by atomic mass is 10.00. The summed E-state index contributed by atoms with van der Waals surface area (Å²) in [4.78, 5) is 23.1. The Kier molecular flexibility index (Phi) is 6.71. The van der Waals surface area contributed by atoms with Crippen LogP contribution in [0.5, 0.6) is 0 Å². The van der Waals surface area contributed by atoms with Gasteiger partial charge in [-0.2, -0.15) is 0 Å². The predicted molar refractivity (Wildman–Crippen MR) is 119 cm³/mol. The average Bonchev–Trinajstić information content (AvgIpc) is 2.77. The van der Waals surface area contributed by atoms with Gasteiger partial charge in [0, 0.05) is 42.5 Å². The summed E-state index contributed by atoms with van der Waals surface area (Å²) in [5, 5.41) is 6.70. The number of morpholine rings is 1. The first-order valence-electron chi connectivity index (χ1n) is 9.83. The Hall–Kier alpha value is -3.07. The van der Waals surface area contributed by atoms with Crippen LogP contribution < -0.4 is 10.6 Å². The summed E-state index contributed by atoms with van der Waals surface area (Å²) in [6.07, 6.45) is 4.80. The largest absolute Gasteiger partial charge is 0.379 e. The fourth-order valence-electron chi connectivity index (χ4n) is 3.22. The maximum Gasteiger partial charge on any atom is 0.248 e. The number of halogens is 2. The second-order valence-corrected chi connectivity index (χ2v) is 7.42. The number of hydrogen-bond donors (Lipinski definition) is 2. The SMILES string of the molecule is O=[11C](/C=C/CN1CCOCC1)Nc1ccc2ncnc(Nc3ccc(F)c(Cl)c3)c2c1. The van der Waals surface area contributed by atoms with Crippen LogP contribution in [-0.2, 0) is 9.53 Å². The number of anilines is 3. The molecule has 2 heterocycles. The van der Waals surface area contributed by atoms with E-state index in [0.717, 1.165) is 26.3 Å². The van der Waals surface area contributed by atoms with Gasteiger partial charge in [-0.3, -0.25) is 9.69 Å². The highest BCUT2D eigenvalue weighted by Crippen LogP contribution is 2.27. The summed E-state index contributed by atoms with van der Waals surface area (Å²) in [5.41, 5.74) is 1.90. The average molecular weight is 441 g/mol. The van der Waals surface area contributed by atoms with Gasteiger partial charge in [-0.25, -0.2) is 14.4 Å². The maximum atomic E-state index is 13.4. The van der Waals surface area contributed by atoms with Crippen molar-refractivity contribution < 1.29 is 13.9 Å². The molecule has 0 unspecified atom stereocenters. The summed E-state index contributed by atoms with van der Waals surface area (Å²) >= 11 is 5.86. The predicted octanol–water partition coefficient (Wildman–Crippen LogP) is 3.99. The number of benzene rings is 2. The van der Waals surface area contributed by atoms with E-state index in [1.165, 1.54) is 24.5 Å². The minimum absolute atomic E-state index is 0.0141. The molecule has 1 aliphatic heterocycles. The van der Waals surface area contributed by atoms with Crippen molar-refractivity contribution in [1.29, 1.82) is 0 Å². The molecule has 0 spiro atoms. The van der Waals surface area contributed by atoms with Crippen LogP contribution in [0.15, 0.2) is 54.9 Å². The number of hydrogen-bond acceptors (Lipinski definition) is 6. The van der Waals surface area contributed by atoms with Crippen LogP contribution in [0.4, 0.5) is 21.6 Å². The Balaban J connectivity index is 1.47. The smallest absolute Gasteiger partial charge is 0.248 e. The van der Waals surface area contributed by atoms with Gasteiger partial charge in [0.2, 0.25) is 5.91 Å². The van der Waals surface area contributed by atoms with Gasteiger partial charge in [-0.15, -0.1) is 0 Å². The van der Waals surface area contributed by atoms with Crippen molar-refractivity contribution in [3.63, 3.8) is 0 Å². The molecule has 2 N–H and O–H groups in total. The third kappa shape index (κ3) is 5.55. The number of amides is 1. The molecule has 1 aliphatic rings. The lowest BCUT2D eigenvalue weighted by Gasteiger charge is -2.25. The number of fused-ring (bicyclic) bond motifs is 1. The summed E-state index contributed by atoms with van der Waals surface area (Å²) in [7, 11) is 0. The summed E-state index contributed by atoms with van der Waals surface area (Å²) in [5.74, 6) is -0.192. The van der Waals surface area contributed by atoms with E-state index >= 15 is 0 Å². The Labute approximate surface area is 183 Å². The lowest BCUT2D eigenvalue weighted by molar-refractivity contribution is -0.111. The Morgan fingerprint density at radius 3 is 2.77 bits per heavy atom. The number of rotatable bonds is 6. The highest BCUT2D eigenvalue weighted by molar-refractivity contribution is 6.31. The van der Waals surface area contributed by atoms with Crippen LogP contribution in [0.1, 0.15) is 0 Å². The topological polar surface area (TPSA) is 79.4 Å². The third-order valence-electron chi connectivity index (χ3n) is 4.82. The van der Waals surface area contributed by atoms with Crippen LogP contribution >= 0.6 is 11.6 Å². The molecule has 0 saturated carbocycles. The molecule has 1 saturated heterocycles. The highest BCUT2D eigenvalue weighted by atomic mass is 35.5. The van der Waals surface area contributed by atoms with Gasteiger partial charge in [-0.1, -0.05) is 17.7 Å². The summed E-state index contributed by atoms with van der Waals surface area (Å²) in [6.45, 7) is 3.88. The van der Waals surface area contributed by atoms with Gasteiger partial charge in [0.25, 0.3) is 0 Å². The van der Waals surface area contributed by atoms with Crippen LogP contribution in [0.25, 0.3) is 10.9 Å². The minimum atomic E-state index is -0.494. The van der Waals surface area contributed by atoms with Crippen molar-refractivity contribution in [2.24, 2.45) is 0 Å². The molecule has 1 fully saturated rings. The first kappa shape index (κ1) is 21.2. The van der Waals surface area contributed by atoms with E-state index < -0.39 is 5.82 Å². The van der Waals surface area contributed by atoms with Gasteiger partial charge >= 0.3 is 0 Å². The molecule has 3 aromatic rings. The molecule has 1 aromatic heterocycles. The van der Waals surface area contributed by atoms with E-state index in [4.69, 9.17) is 16.3 Å². The molecule has 160 valence electrons. The number of aromatic nitrogens is 2. The molecule has 2 aromatic carbocycles. The second kappa shape index (κ2) is 9.82. The van der Waals surface area contributed by atoms with Gasteiger partial charge in [0.1, 0.15) is 18.0 Å². The molecule has 0 bridgehead atoms. The van der Waals surface area contributed by atoms with Crippen molar-refractivity contribution in [2.75, 3.05) is 43.5 Å². The van der Waals surface area contributed by atoms with E-state index in [1.54, 1.807) is 24.3 Å². The standard InChI is InChI=1S/C22H21ClFN5O2/c23-18-13-16(3-5-19(18)24)28-22-17-12-15(4-6-20(17)25-14-26-22)27-21(30)2-1-7-29-8-10-31-11-9-29/h1-6,12-14H,7-11H2,(H,27,30)(H,25,26,28)/b2-1+/i21-1. The van der Waals surface area contributed by atoms with E-state index in [2.05, 4.69) is 25.5 Å². The maximum absolute atomic E-state index is 13.4. The minimum Gasteiger partial charge on any atom is -0.379 e. The van der Waals surface area contributed by atoms with Crippen LogP contribution in [0.2, 0.25) is 5.02 Å². The van der Waals surface area contributed by atoms with E-state index in [9.17, 15) is 9.18 Å². The van der Waals surface area contributed by atoms with Crippen molar-refractivity contribution in [3.05, 3.63) is 65.7 Å². The zero-order valence-corrected chi connectivity index (χ0v) is 17.4. The van der Waals surface area contributed by atoms with Gasteiger partial charge in [-0.05, 0) is 36.4 Å². The molecule has 4 rings (SSSR count). The quantitative estimate of drug-likeness (QED) is 0.564. The van der Waals surface area contributed by atoms with E-state index in [-0.39, 0.29) is 10.9 Å². The number of ether oxygens (including phenoxy) is 1. The monoisotopic (exact) mass is 440 g/mol. The first-order chi connectivity index (χ1) is 15.1. The number of nitrogens with zero attached hydrogens (tertiary/aromatic N) is 3. The summed E-state index contributed by atoms with van der Waals surface area (Å²) < 4.78 is 18.7. The molecule has 31 heavy (non-hydrogen) atoms. The van der Waals surface area contributed by atoms with E-state index in [0.29, 0.717) is 34.6 Å². The second-order valence-electron chi connectivity index (χ2n) is 7.01. The molecule has 0 aliphatic carbocycles. The van der Waals surface area contributed by atoms with Gasteiger partial charge in [0.05, 0.1) is 23.8 Å². The van der Waals surface area contributed by atoms with Crippen molar-refractivity contribution in [1.82, 2.24) is 14.9 Å². The van der Waals surface area contributed by atoms with Crippen LogP contribution in [0, 0.1) is 5.82 Å². The van der Waals surface area contributed by atoms with Crippen molar-refractivity contribution >= 4 is 45.6 Å². The summed E-state index contributed by atoms with van der Waals surface area (Å²) in [6, 6.07) is 9.70. The molecule has 0 radical (unpaired) electrons. The normalized spacial score (nSPS) is 14.8. The highest BCUT2D eigenvalue weighted by Gasteiger charge is 2.10. The number of carbonyl (C=O) groups is 1. The Bertz CT molecular complexity index is 1120. The lowest BCUT2D eigenvalue weighted by Crippen LogP contribution is -2.36. The fourth-order valence-corrected chi connectivity index (χ4v) is 3.40. The molecular weight excluding hydrogens is 420 g/mol. The zero-order chi connectivity index (χ0) is 21.6. The van der Waals surface area contributed by atoms with Crippen LogP contribution in [0.3, 0.4) is 0 Å². The Morgan fingerprint density at radius 1 is 1.16 bits per heavy atom. The molecule has 9 heteroatoms. The van der Waals surface area contributed by atoms with E-state index in [1.807, 2.05) is 6.08 Å². The molecular formula is C22H21ClFN5O2. The van der Waals surface area contributed by atoms with Gasteiger partial charge in [0.15, 0.2) is 0 Å².